The van der Waals surface area contributed by atoms with Crippen LogP contribution in [0.15, 0.2) is 47.4 Å². The number of amides is 1. The first kappa shape index (κ1) is 21.9. The number of ether oxygens (including phenoxy) is 1. The lowest BCUT2D eigenvalue weighted by molar-refractivity contribution is -0.0440. The fourth-order valence-corrected chi connectivity index (χ4v) is 4.93. The highest BCUT2D eigenvalue weighted by molar-refractivity contribution is 7.89. The van der Waals surface area contributed by atoms with E-state index in [9.17, 15) is 18.0 Å². The van der Waals surface area contributed by atoms with Crippen molar-refractivity contribution >= 4 is 27.6 Å². The highest BCUT2D eigenvalue weighted by Gasteiger charge is 2.32. The van der Waals surface area contributed by atoms with E-state index >= 15 is 0 Å². The smallest absolute Gasteiger partial charge is 0.335 e. The molecule has 2 aromatic carbocycles. The molecule has 160 valence electrons. The van der Waals surface area contributed by atoms with Crippen LogP contribution < -0.4 is 5.32 Å². The van der Waals surface area contributed by atoms with Gasteiger partial charge in [0.2, 0.25) is 10.0 Å². The van der Waals surface area contributed by atoms with Crippen LogP contribution >= 0.6 is 0 Å². The normalized spacial score (nSPS) is 20.0. The zero-order valence-electron chi connectivity index (χ0n) is 17.0. The highest BCUT2D eigenvalue weighted by Crippen LogP contribution is 2.22. The fraction of sp³-hybridized carbons (Fsp3) is 0.333. The number of hydrogen-bond donors (Lipinski definition) is 2. The molecule has 0 radical (unpaired) electrons. The van der Waals surface area contributed by atoms with Crippen LogP contribution in [0.2, 0.25) is 0 Å². The van der Waals surface area contributed by atoms with Crippen molar-refractivity contribution in [3.8, 4) is 0 Å². The number of nitrogens with zero attached hydrogens (tertiary/aromatic N) is 1. The van der Waals surface area contributed by atoms with E-state index < -0.39 is 21.9 Å². The van der Waals surface area contributed by atoms with Crippen LogP contribution in [-0.2, 0) is 14.8 Å². The molecule has 2 aromatic rings. The largest absolute Gasteiger partial charge is 0.478 e. The molecule has 3 rings (SSSR count). The second kappa shape index (κ2) is 8.55. The minimum absolute atomic E-state index is 0.0614. The monoisotopic (exact) mass is 432 g/mol. The van der Waals surface area contributed by atoms with Gasteiger partial charge in [0.1, 0.15) is 0 Å². The second-order valence-electron chi connectivity index (χ2n) is 7.39. The van der Waals surface area contributed by atoms with Crippen LogP contribution in [0.3, 0.4) is 0 Å². The molecule has 0 aromatic heterocycles. The van der Waals surface area contributed by atoms with E-state index in [-0.39, 0.29) is 41.3 Å². The summed E-state index contributed by atoms with van der Waals surface area (Å²) in [5.41, 5.74) is 1.42. The number of benzene rings is 2. The maximum atomic E-state index is 12.9. The lowest BCUT2D eigenvalue weighted by atomic mass is 10.1. The summed E-state index contributed by atoms with van der Waals surface area (Å²) in [5.74, 6) is -1.55. The van der Waals surface area contributed by atoms with E-state index in [1.807, 2.05) is 13.8 Å². The quantitative estimate of drug-likeness (QED) is 0.751. The van der Waals surface area contributed by atoms with Crippen LogP contribution in [0.1, 0.15) is 40.1 Å². The van der Waals surface area contributed by atoms with Gasteiger partial charge >= 0.3 is 5.97 Å². The standard InChI is InChI=1S/C21H24N2O6S/c1-13-4-5-17(21(25)26)10-19(13)22-20(24)16-6-8-18(9-7-16)30(27,28)23-11-14(2)29-15(3)12-23/h4-10,14-15H,11-12H2,1-3H3,(H,22,24)(H,25,26)/t14-,15+. The lowest BCUT2D eigenvalue weighted by Crippen LogP contribution is -2.48. The van der Waals surface area contributed by atoms with Crippen molar-refractivity contribution in [2.75, 3.05) is 18.4 Å². The zero-order chi connectivity index (χ0) is 22.1. The molecule has 9 heteroatoms. The molecule has 1 saturated heterocycles. The van der Waals surface area contributed by atoms with Gasteiger partial charge in [0.15, 0.2) is 0 Å². The van der Waals surface area contributed by atoms with Crippen LogP contribution in [0.5, 0.6) is 0 Å². The van der Waals surface area contributed by atoms with Gasteiger partial charge in [0.05, 0.1) is 22.7 Å². The van der Waals surface area contributed by atoms with E-state index in [0.717, 1.165) is 0 Å². The van der Waals surface area contributed by atoms with E-state index in [2.05, 4.69) is 5.32 Å². The predicted molar refractivity (Wildman–Crippen MR) is 111 cm³/mol. The molecule has 0 saturated carbocycles. The number of carbonyl (C=O) groups excluding carboxylic acids is 1. The molecule has 0 spiro atoms. The Hall–Kier alpha value is -2.75. The number of sulfonamides is 1. The van der Waals surface area contributed by atoms with Gasteiger partial charge in [-0.25, -0.2) is 13.2 Å². The molecule has 0 bridgehead atoms. The number of nitrogens with one attached hydrogen (secondary N) is 1. The molecule has 1 aliphatic rings. The summed E-state index contributed by atoms with van der Waals surface area (Å²) in [4.78, 5) is 23.8. The predicted octanol–water partition coefficient (Wildman–Crippen LogP) is 2.74. The van der Waals surface area contributed by atoms with Gasteiger partial charge < -0.3 is 15.2 Å². The van der Waals surface area contributed by atoms with Gasteiger partial charge in [-0.3, -0.25) is 4.79 Å². The number of anilines is 1. The van der Waals surface area contributed by atoms with Crippen molar-refractivity contribution < 1.29 is 27.9 Å². The van der Waals surface area contributed by atoms with Crippen LogP contribution in [0.4, 0.5) is 5.69 Å². The Morgan fingerprint density at radius 1 is 1.03 bits per heavy atom. The summed E-state index contributed by atoms with van der Waals surface area (Å²) in [6.07, 6.45) is -0.392. The van der Waals surface area contributed by atoms with Crippen LogP contribution in [0.25, 0.3) is 0 Å². The number of aryl methyl sites for hydroxylation is 1. The molecular formula is C21H24N2O6S. The number of carboxylic acids is 1. The maximum Gasteiger partial charge on any atom is 0.335 e. The Bertz CT molecular complexity index is 1060. The van der Waals surface area contributed by atoms with Gasteiger partial charge in [-0.2, -0.15) is 4.31 Å². The molecule has 0 aliphatic carbocycles. The van der Waals surface area contributed by atoms with Gasteiger partial charge in [0.25, 0.3) is 5.91 Å². The average Bonchev–Trinajstić information content (AvgIpc) is 2.68. The minimum atomic E-state index is -3.69. The first-order chi connectivity index (χ1) is 14.1. The lowest BCUT2D eigenvalue weighted by Gasteiger charge is -2.34. The van der Waals surface area contributed by atoms with Gasteiger partial charge in [0, 0.05) is 24.3 Å². The van der Waals surface area contributed by atoms with E-state index in [1.54, 1.807) is 13.0 Å². The SMILES string of the molecule is Cc1ccc(C(=O)O)cc1NC(=O)c1ccc(S(=O)(=O)N2C[C@@H](C)O[C@@H](C)C2)cc1. The molecule has 2 atom stereocenters. The van der Waals surface area contributed by atoms with Gasteiger partial charge in [-0.15, -0.1) is 0 Å². The van der Waals surface area contributed by atoms with Crippen LogP contribution in [0, 0.1) is 6.92 Å². The van der Waals surface area contributed by atoms with Crippen molar-refractivity contribution in [1.29, 1.82) is 0 Å². The zero-order valence-corrected chi connectivity index (χ0v) is 17.8. The average molecular weight is 432 g/mol. The van der Waals surface area contributed by atoms with Crippen LogP contribution in [-0.4, -0.2) is 55.0 Å². The molecule has 1 amide bonds. The number of carboxylic acid groups (broad SMARTS) is 1. The molecule has 1 fully saturated rings. The number of rotatable bonds is 5. The minimum Gasteiger partial charge on any atom is -0.478 e. The Labute approximate surface area is 175 Å². The summed E-state index contributed by atoms with van der Waals surface area (Å²) < 4.78 is 32.8. The molecule has 0 unspecified atom stereocenters. The molecule has 1 aliphatic heterocycles. The molecule has 1 heterocycles. The van der Waals surface area contributed by atoms with Crippen molar-refractivity contribution in [2.24, 2.45) is 0 Å². The molecule has 30 heavy (non-hydrogen) atoms. The Balaban J connectivity index is 1.78. The third-order valence-corrected chi connectivity index (χ3v) is 6.72. The highest BCUT2D eigenvalue weighted by atomic mass is 32.2. The number of aromatic carboxylic acids is 1. The van der Waals surface area contributed by atoms with E-state index in [4.69, 9.17) is 9.84 Å². The van der Waals surface area contributed by atoms with Crippen molar-refractivity contribution in [1.82, 2.24) is 4.31 Å². The second-order valence-corrected chi connectivity index (χ2v) is 9.33. The van der Waals surface area contributed by atoms with Gasteiger partial charge in [-0.05, 0) is 62.7 Å². The topological polar surface area (TPSA) is 113 Å². The summed E-state index contributed by atoms with van der Waals surface area (Å²) in [5, 5.41) is 11.8. The molecule has 2 N–H and O–H groups in total. The summed E-state index contributed by atoms with van der Waals surface area (Å²) in [6.45, 7) is 5.95. The molecular weight excluding hydrogens is 408 g/mol. The number of carbonyl (C=O) groups is 2. The fourth-order valence-electron chi connectivity index (χ4n) is 3.34. The first-order valence-corrected chi connectivity index (χ1v) is 10.9. The number of hydrogen-bond acceptors (Lipinski definition) is 5. The summed E-state index contributed by atoms with van der Waals surface area (Å²) in [6, 6.07) is 10.1. The Morgan fingerprint density at radius 3 is 2.17 bits per heavy atom. The third kappa shape index (κ3) is 4.69. The molecule has 8 nitrogen and oxygen atoms in total. The van der Waals surface area contributed by atoms with E-state index in [1.165, 1.54) is 40.7 Å². The van der Waals surface area contributed by atoms with Crippen molar-refractivity contribution in [3.63, 3.8) is 0 Å². The Morgan fingerprint density at radius 2 is 1.60 bits per heavy atom. The van der Waals surface area contributed by atoms with Gasteiger partial charge in [-0.1, -0.05) is 6.07 Å². The maximum absolute atomic E-state index is 12.9. The van der Waals surface area contributed by atoms with E-state index in [0.29, 0.717) is 11.3 Å². The Kier molecular flexibility index (Phi) is 6.25. The van der Waals surface area contributed by atoms with Crippen molar-refractivity contribution in [2.45, 2.75) is 37.9 Å². The third-order valence-electron chi connectivity index (χ3n) is 4.87. The van der Waals surface area contributed by atoms with Crippen molar-refractivity contribution in [3.05, 3.63) is 59.2 Å². The first-order valence-electron chi connectivity index (χ1n) is 9.49. The summed E-state index contributed by atoms with van der Waals surface area (Å²) in [7, 11) is -3.69. The summed E-state index contributed by atoms with van der Waals surface area (Å²) >= 11 is 0. The number of morpholine rings is 1.